The molecule has 4 nitrogen and oxygen atoms in total. The summed E-state index contributed by atoms with van der Waals surface area (Å²) in [5, 5.41) is 1.79. The van der Waals surface area contributed by atoms with Gasteiger partial charge < -0.3 is 4.84 Å². The number of amides is 1. The molecule has 0 aromatic heterocycles. The molecule has 13 heavy (non-hydrogen) atoms. The zero-order valence-electron chi connectivity index (χ0n) is 7.62. The number of β-lactam (4-membered cyclic amide) rings is 1. The van der Waals surface area contributed by atoms with E-state index in [0.29, 0.717) is 11.8 Å². The van der Waals surface area contributed by atoms with Gasteiger partial charge in [0.05, 0.1) is 18.4 Å². The van der Waals surface area contributed by atoms with E-state index in [1.165, 1.54) is 0 Å². The van der Waals surface area contributed by atoms with Crippen LogP contribution < -0.4 is 0 Å². The normalized spacial score (nSPS) is 21.7. The van der Waals surface area contributed by atoms with E-state index in [4.69, 9.17) is 4.84 Å². The maximum absolute atomic E-state index is 11.1. The summed E-state index contributed by atoms with van der Waals surface area (Å²) in [4.78, 5) is 27.0. The van der Waals surface area contributed by atoms with Gasteiger partial charge in [0.15, 0.2) is 0 Å². The molecule has 0 saturated carbocycles. The first-order chi connectivity index (χ1) is 6.06. The van der Waals surface area contributed by atoms with Gasteiger partial charge in [0, 0.05) is 5.33 Å². The van der Waals surface area contributed by atoms with Gasteiger partial charge in [-0.3, -0.25) is 4.79 Å². The molecule has 1 fully saturated rings. The van der Waals surface area contributed by atoms with E-state index in [-0.39, 0.29) is 23.8 Å². The van der Waals surface area contributed by atoms with Crippen LogP contribution in [0.3, 0.4) is 0 Å². The van der Waals surface area contributed by atoms with Crippen molar-refractivity contribution < 1.29 is 14.4 Å². The van der Waals surface area contributed by atoms with E-state index in [1.54, 1.807) is 13.8 Å². The highest BCUT2D eigenvalue weighted by molar-refractivity contribution is 9.09. The van der Waals surface area contributed by atoms with Gasteiger partial charge in [-0.2, -0.15) is 5.06 Å². The molecule has 5 heteroatoms. The van der Waals surface area contributed by atoms with Crippen molar-refractivity contribution in [2.75, 3.05) is 5.33 Å². The fourth-order valence-electron chi connectivity index (χ4n) is 0.911. The van der Waals surface area contributed by atoms with Crippen molar-refractivity contribution >= 4 is 27.8 Å². The van der Waals surface area contributed by atoms with Crippen LogP contribution in [0.1, 0.15) is 20.3 Å². The molecule has 1 rings (SSSR count). The molecule has 0 aliphatic carbocycles. The Morgan fingerprint density at radius 1 is 1.77 bits per heavy atom. The van der Waals surface area contributed by atoms with E-state index in [1.807, 2.05) is 0 Å². The monoisotopic (exact) mass is 249 g/mol. The maximum Gasteiger partial charge on any atom is 0.335 e. The highest BCUT2D eigenvalue weighted by Gasteiger charge is 2.39. The minimum atomic E-state index is -0.362. The second kappa shape index (κ2) is 4.09. The maximum atomic E-state index is 11.1. The number of alkyl halides is 1. The van der Waals surface area contributed by atoms with Crippen molar-refractivity contribution in [2.45, 2.75) is 26.3 Å². The largest absolute Gasteiger partial charge is 0.338 e. The lowest BCUT2D eigenvalue weighted by molar-refractivity contribution is -0.226. The Morgan fingerprint density at radius 2 is 2.38 bits per heavy atom. The van der Waals surface area contributed by atoms with Gasteiger partial charge in [-0.25, -0.2) is 4.79 Å². The number of nitrogens with zero attached hydrogens (tertiary/aromatic N) is 1. The summed E-state index contributed by atoms with van der Waals surface area (Å²) in [5.41, 5.74) is 0. The van der Waals surface area contributed by atoms with Crippen molar-refractivity contribution in [1.29, 1.82) is 0 Å². The van der Waals surface area contributed by atoms with E-state index in [2.05, 4.69) is 15.9 Å². The van der Waals surface area contributed by atoms with Crippen LogP contribution in [-0.2, 0) is 14.4 Å². The average Bonchev–Trinajstić information content (AvgIpc) is 2.09. The van der Waals surface area contributed by atoms with Crippen LogP contribution in [0.2, 0.25) is 0 Å². The van der Waals surface area contributed by atoms with Crippen LogP contribution in [0, 0.1) is 5.92 Å². The van der Waals surface area contributed by atoms with Crippen molar-refractivity contribution in [3.05, 3.63) is 0 Å². The van der Waals surface area contributed by atoms with Crippen molar-refractivity contribution in [2.24, 2.45) is 5.92 Å². The number of halogens is 1. The molecule has 0 aromatic rings. The third-order valence-corrected chi connectivity index (χ3v) is 2.57. The predicted molar refractivity (Wildman–Crippen MR) is 50.0 cm³/mol. The number of hydroxylamine groups is 2. The molecule has 0 bridgehead atoms. The molecule has 0 spiro atoms. The molecule has 74 valence electrons. The standard InChI is InChI=1S/C8H12BrNO3/c1-5(2)8(12)13-10-6(4-9)3-7(10)11/h5-6H,3-4H2,1-2H3. The quantitative estimate of drug-likeness (QED) is 0.556. The number of rotatable bonds is 3. The highest BCUT2D eigenvalue weighted by atomic mass is 79.9. The summed E-state index contributed by atoms with van der Waals surface area (Å²) < 4.78 is 0. The van der Waals surface area contributed by atoms with E-state index in [9.17, 15) is 9.59 Å². The second-order valence-electron chi connectivity index (χ2n) is 3.30. The first-order valence-corrected chi connectivity index (χ1v) is 5.28. The van der Waals surface area contributed by atoms with Gasteiger partial charge >= 0.3 is 5.97 Å². The highest BCUT2D eigenvalue weighted by Crippen LogP contribution is 2.21. The molecule has 0 aromatic carbocycles. The fourth-order valence-corrected chi connectivity index (χ4v) is 1.40. The predicted octanol–water partition coefficient (Wildman–Crippen LogP) is 1.10. The first kappa shape index (κ1) is 10.5. The second-order valence-corrected chi connectivity index (χ2v) is 3.94. The lowest BCUT2D eigenvalue weighted by Crippen LogP contribution is -2.54. The number of hydrogen-bond acceptors (Lipinski definition) is 3. The summed E-state index contributed by atoms with van der Waals surface area (Å²) in [6.45, 7) is 3.46. The third-order valence-electron chi connectivity index (χ3n) is 1.83. The Balaban J connectivity index is 2.44. The molecule has 1 unspecified atom stereocenters. The van der Waals surface area contributed by atoms with E-state index < -0.39 is 0 Å². The first-order valence-electron chi connectivity index (χ1n) is 4.16. The number of carbonyl (C=O) groups excluding carboxylic acids is 2. The van der Waals surface area contributed by atoms with Crippen LogP contribution in [0.15, 0.2) is 0 Å². The Bertz CT molecular complexity index is 229. The zero-order valence-corrected chi connectivity index (χ0v) is 9.20. The van der Waals surface area contributed by atoms with Gasteiger partial charge in [0.25, 0.3) is 5.91 Å². The number of hydrogen-bond donors (Lipinski definition) is 0. The smallest absolute Gasteiger partial charge is 0.335 e. The molecule has 1 heterocycles. The molecule has 1 saturated heterocycles. The van der Waals surface area contributed by atoms with Crippen molar-refractivity contribution in [3.63, 3.8) is 0 Å². The van der Waals surface area contributed by atoms with Gasteiger partial charge in [-0.05, 0) is 0 Å². The zero-order chi connectivity index (χ0) is 10.0. The minimum Gasteiger partial charge on any atom is -0.338 e. The van der Waals surface area contributed by atoms with Crippen LogP contribution in [-0.4, -0.2) is 28.3 Å². The van der Waals surface area contributed by atoms with Gasteiger partial charge in [-0.15, -0.1) is 0 Å². The van der Waals surface area contributed by atoms with Crippen molar-refractivity contribution in [3.8, 4) is 0 Å². The van der Waals surface area contributed by atoms with Gasteiger partial charge in [-0.1, -0.05) is 29.8 Å². The topological polar surface area (TPSA) is 46.6 Å². The van der Waals surface area contributed by atoms with Gasteiger partial charge in [0.1, 0.15) is 0 Å². The van der Waals surface area contributed by atoms with Crippen molar-refractivity contribution in [1.82, 2.24) is 5.06 Å². The summed E-state index contributed by atoms with van der Waals surface area (Å²) >= 11 is 3.24. The molecule has 1 atom stereocenters. The average molecular weight is 250 g/mol. The molecule has 1 aliphatic heterocycles. The van der Waals surface area contributed by atoms with Crippen LogP contribution in [0.5, 0.6) is 0 Å². The summed E-state index contributed by atoms with van der Waals surface area (Å²) in [5.74, 6) is -0.693. The minimum absolute atomic E-state index is 0.00944. The summed E-state index contributed by atoms with van der Waals surface area (Å²) in [7, 11) is 0. The Kier molecular flexibility index (Phi) is 3.30. The summed E-state index contributed by atoms with van der Waals surface area (Å²) in [6.07, 6.45) is 0.455. The SMILES string of the molecule is CC(C)C(=O)ON1C(=O)CC1CBr. The Morgan fingerprint density at radius 3 is 2.77 bits per heavy atom. The van der Waals surface area contributed by atoms with E-state index in [0.717, 1.165) is 5.06 Å². The molecule has 1 aliphatic rings. The molecule has 1 amide bonds. The fraction of sp³-hybridized carbons (Fsp3) is 0.750. The Hall–Kier alpha value is -0.580. The van der Waals surface area contributed by atoms with Crippen LogP contribution in [0.4, 0.5) is 0 Å². The summed E-state index contributed by atoms with van der Waals surface area (Å²) in [6, 6.07) is 0.00944. The number of carbonyl (C=O) groups is 2. The molecule has 0 N–H and O–H groups in total. The third kappa shape index (κ3) is 2.21. The lowest BCUT2D eigenvalue weighted by atomic mass is 10.1. The Labute approximate surface area is 85.3 Å². The molecular weight excluding hydrogens is 238 g/mol. The van der Waals surface area contributed by atoms with Crippen LogP contribution >= 0.6 is 15.9 Å². The molecular formula is C8H12BrNO3. The van der Waals surface area contributed by atoms with Gasteiger partial charge in [0.2, 0.25) is 0 Å². The van der Waals surface area contributed by atoms with E-state index >= 15 is 0 Å². The molecule has 0 radical (unpaired) electrons. The van der Waals surface area contributed by atoms with Crippen LogP contribution in [0.25, 0.3) is 0 Å². The lowest BCUT2D eigenvalue weighted by Gasteiger charge is -2.36.